The van der Waals surface area contributed by atoms with E-state index in [1.807, 2.05) is 30.3 Å². The van der Waals surface area contributed by atoms with Crippen LogP contribution in [0.1, 0.15) is 24.5 Å². The van der Waals surface area contributed by atoms with Crippen molar-refractivity contribution >= 4 is 11.6 Å². The lowest BCUT2D eigenvalue weighted by molar-refractivity contribution is -0.174. The Balaban J connectivity index is 1.63. The SMILES string of the molecule is O=C(NCCCOCC(F)(F)F)C1=NOC(c2ccccc2)C1. The second-order valence-corrected chi connectivity index (χ2v) is 5.02. The molecular formula is C15H17F3N2O3. The van der Waals surface area contributed by atoms with Crippen LogP contribution in [0.4, 0.5) is 13.2 Å². The van der Waals surface area contributed by atoms with Gasteiger partial charge in [0, 0.05) is 19.6 Å². The third-order valence-electron chi connectivity index (χ3n) is 3.12. The fourth-order valence-corrected chi connectivity index (χ4v) is 2.02. The number of nitrogens with zero attached hydrogens (tertiary/aromatic N) is 1. The van der Waals surface area contributed by atoms with Crippen LogP contribution in [0.15, 0.2) is 35.5 Å². The third kappa shape index (κ3) is 5.90. The standard InChI is InChI=1S/C15H17F3N2O3/c16-15(17,18)10-22-8-4-7-19-14(21)12-9-13(23-20-12)11-5-2-1-3-6-11/h1-3,5-6,13H,4,7-10H2,(H,19,21). The normalized spacial score (nSPS) is 17.5. The van der Waals surface area contributed by atoms with Crippen molar-refractivity contribution in [3.63, 3.8) is 0 Å². The molecule has 0 spiro atoms. The number of rotatable bonds is 7. The van der Waals surface area contributed by atoms with E-state index in [1.165, 1.54) is 0 Å². The zero-order valence-corrected chi connectivity index (χ0v) is 12.3. The molecule has 1 aromatic rings. The van der Waals surface area contributed by atoms with Crippen LogP contribution in [-0.2, 0) is 14.4 Å². The highest BCUT2D eigenvalue weighted by Crippen LogP contribution is 2.26. The maximum Gasteiger partial charge on any atom is 0.411 e. The number of halogens is 3. The molecule has 1 heterocycles. The van der Waals surface area contributed by atoms with Crippen molar-refractivity contribution in [1.29, 1.82) is 0 Å². The predicted octanol–water partition coefficient (Wildman–Crippen LogP) is 2.59. The van der Waals surface area contributed by atoms with Gasteiger partial charge in [0.05, 0.1) is 0 Å². The minimum Gasteiger partial charge on any atom is -0.387 e. The van der Waals surface area contributed by atoms with Gasteiger partial charge in [-0.1, -0.05) is 35.5 Å². The zero-order valence-electron chi connectivity index (χ0n) is 12.3. The molecular weight excluding hydrogens is 313 g/mol. The maximum absolute atomic E-state index is 11.9. The van der Waals surface area contributed by atoms with E-state index in [9.17, 15) is 18.0 Å². The molecule has 0 saturated heterocycles. The van der Waals surface area contributed by atoms with Gasteiger partial charge in [0.1, 0.15) is 12.3 Å². The van der Waals surface area contributed by atoms with E-state index < -0.39 is 12.8 Å². The van der Waals surface area contributed by atoms with Crippen molar-refractivity contribution in [1.82, 2.24) is 5.32 Å². The second kappa shape index (κ2) is 7.96. The number of benzene rings is 1. The van der Waals surface area contributed by atoms with Crippen LogP contribution >= 0.6 is 0 Å². The quantitative estimate of drug-likeness (QED) is 0.782. The number of oxime groups is 1. The molecule has 0 fully saturated rings. The van der Waals surface area contributed by atoms with E-state index in [1.54, 1.807) is 0 Å². The molecule has 1 N–H and O–H groups in total. The Kier molecular flexibility index (Phi) is 5.97. The van der Waals surface area contributed by atoms with Crippen molar-refractivity contribution in [3.05, 3.63) is 35.9 Å². The summed E-state index contributed by atoms with van der Waals surface area (Å²) in [6.07, 6.45) is -3.96. The smallest absolute Gasteiger partial charge is 0.387 e. The average molecular weight is 330 g/mol. The number of alkyl halides is 3. The molecule has 0 aliphatic carbocycles. The summed E-state index contributed by atoms with van der Waals surface area (Å²) in [4.78, 5) is 17.1. The number of ether oxygens (including phenoxy) is 1. The monoisotopic (exact) mass is 330 g/mol. The second-order valence-electron chi connectivity index (χ2n) is 5.02. The molecule has 23 heavy (non-hydrogen) atoms. The van der Waals surface area contributed by atoms with Crippen LogP contribution in [0, 0.1) is 0 Å². The molecule has 0 radical (unpaired) electrons. The lowest BCUT2D eigenvalue weighted by Gasteiger charge is -2.08. The summed E-state index contributed by atoms with van der Waals surface area (Å²) in [5.41, 5.74) is 1.20. The van der Waals surface area contributed by atoms with Crippen molar-refractivity contribution < 1.29 is 27.5 Å². The zero-order chi connectivity index (χ0) is 16.7. The fourth-order valence-electron chi connectivity index (χ4n) is 2.02. The van der Waals surface area contributed by atoms with Gasteiger partial charge in [-0.15, -0.1) is 0 Å². The summed E-state index contributed by atoms with van der Waals surface area (Å²) in [5, 5.41) is 6.35. The highest BCUT2D eigenvalue weighted by atomic mass is 19.4. The van der Waals surface area contributed by atoms with Gasteiger partial charge < -0.3 is 14.9 Å². The molecule has 1 aliphatic heterocycles. The average Bonchev–Trinajstić information content (AvgIpc) is 3.00. The molecule has 0 aromatic heterocycles. The van der Waals surface area contributed by atoms with Crippen LogP contribution in [0.25, 0.3) is 0 Å². The molecule has 1 amide bonds. The fraction of sp³-hybridized carbons (Fsp3) is 0.467. The Labute approximate surface area is 131 Å². The van der Waals surface area contributed by atoms with E-state index >= 15 is 0 Å². The van der Waals surface area contributed by atoms with Crippen molar-refractivity contribution in [2.24, 2.45) is 5.16 Å². The molecule has 1 aliphatic rings. The molecule has 0 saturated carbocycles. The number of carbonyl (C=O) groups excluding carboxylic acids is 1. The van der Waals surface area contributed by atoms with E-state index in [4.69, 9.17) is 4.84 Å². The van der Waals surface area contributed by atoms with E-state index in [0.717, 1.165) is 5.56 Å². The lowest BCUT2D eigenvalue weighted by Crippen LogP contribution is -2.31. The molecule has 0 bridgehead atoms. The summed E-state index contributed by atoms with van der Waals surface area (Å²) < 4.78 is 40.0. The van der Waals surface area contributed by atoms with Gasteiger partial charge in [0.2, 0.25) is 0 Å². The summed E-state index contributed by atoms with van der Waals surface area (Å²) in [5.74, 6) is -0.376. The first kappa shape index (κ1) is 17.3. The van der Waals surface area contributed by atoms with Crippen LogP contribution < -0.4 is 5.32 Å². The van der Waals surface area contributed by atoms with Crippen molar-refractivity contribution in [2.75, 3.05) is 19.8 Å². The Morgan fingerprint density at radius 3 is 2.78 bits per heavy atom. The van der Waals surface area contributed by atoms with Crippen LogP contribution in [-0.4, -0.2) is 37.6 Å². The lowest BCUT2D eigenvalue weighted by atomic mass is 10.0. The molecule has 1 unspecified atom stereocenters. The highest BCUT2D eigenvalue weighted by Gasteiger charge is 2.28. The van der Waals surface area contributed by atoms with E-state index in [-0.39, 0.29) is 37.3 Å². The number of amides is 1. The summed E-state index contributed by atoms with van der Waals surface area (Å²) >= 11 is 0. The Hall–Kier alpha value is -2.09. The minimum atomic E-state index is -4.33. The largest absolute Gasteiger partial charge is 0.411 e. The summed E-state index contributed by atoms with van der Waals surface area (Å²) in [7, 11) is 0. The van der Waals surface area contributed by atoms with Crippen molar-refractivity contribution in [2.45, 2.75) is 25.1 Å². The Morgan fingerprint density at radius 1 is 1.35 bits per heavy atom. The number of hydrogen-bond acceptors (Lipinski definition) is 4. The van der Waals surface area contributed by atoms with Gasteiger partial charge in [-0.25, -0.2) is 0 Å². The first-order valence-electron chi connectivity index (χ1n) is 7.16. The predicted molar refractivity (Wildman–Crippen MR) is 76.8 cm³/mol. The van der Waals surface area contributed by atoms with Crippen LogP contribution in [0.3, 0.4) is 0 Å². The van der Waals surface area contributed by atoms with Gasteiger partial charge in [0.15, 0.2) is 6.10 Å². The first-order valence-corrected chi connectivity index (χ1v) is 7.16. The molecule has 8 heteroatoms. The van der Waals surface area contributed by atoms with E-state index in [0.29, 0.717) is 6.42 Å². The molecule has 1 aromatic carbocycles. The minimum absolute atomic E-state index is 0.0740. The molecule has 2 rings (SSSR count). The Morgan fingerprint density at radius 2 is 2.09 bits per heavy atom. The first-order chi connectivity index (χ1) is 11.0. The number of carbonyl (C=O) groups is 1. The number of hydrogen-bond donors (Lipinski definition) is 1. The summed E-state index contributed by atoms with van der Waals surface area (Å²) in [6, 6.07) is 9.40. The molecule has 5 nitrogen and oxygen atoms in total. The van der Waals surface area contributed by atoms with Gasteiger partial charge >= 0.3 is 6.18 Å². The third-order valence-corrected chi connectivity index (χ3v) is 3.12. The number of nitrogens with one attached hydrogen (secondary N) is 1. The van der Waals surface area contributed by atoms with Crippen LogP contribution in [0.5, 0.6) is 0 Å². The van der Waals surface area contributed by atoms with E-state index in [2.05, 4.69) is 15.2 Å². The van der Waals surface area contributed by atoms with Crippen LogP contribution in [0.2, 0.25) is 0 Å². The summed E-state index contributed by atoms with van der Waals surface area (Å²) in [6.45, 7) is -1.14. The molecule has 1 atom stereocenters. The topological polar surface area (TPSA) is 59.9 Å². The van der Waals surface area contributed by atoms with Crippen molar-refractivity contribution in [3.8, 4) is 0 Å². The van der Waals surface area contributed by atoms with Gasteiger partial charge in [-0.3, -0.25) is 4.79 Å². The van der Waals surface area contributed by atoms with Gasteiger partial charge in [-0.05, 0) is 12.0 Å². The maximum atomic E-state index is 11.9. The van der Waals surface area contributed by atoms with Gasteiger partial charge in [0.25, 0.3) is 5.91 Å². The highest BCUT2D eigenvalue weighted by molar-refractivity contribution is 6.39. The Bertz CT molecular complexity index is 547. The molecule has 126 valence electrons. The van der Waals surface area contributed by atoms with Gasteiger partial charge in [-0.2, -0.15) is 13.2 Å².